The SMILES string of the molecule is Cc1ccc2c3c1Cc1ccccc1B3c1ccccc1-2. The molecule has 0 unspecified atom stereocenters. The molecule has 0 saturated carbocycles. The first-order chi connectivity index (χ1) is 10.3. The van der Waals surface area contributed by atoms with Gasteiger partial charge in [0, 0.05) is 0 Å². The molecule has 21 heavy (non-hydrogen) atoms. The van der Waals surface area contributed by atoms with Gasteiger partial charge in [-0.15, -0.1) is 0 Å². The summed E-state index contributed by atoms with van der Waals surface area (Å²) in [6.45, 7) is 2.69. The van der Waals surface area contributed by atoms with E-state index in [1.807, 2.05) is 0 Å². The standard InChI is InChI=1S/C20H15B/c1-13-10-11-16-15-7-3-5-9-19(15)21-18-8-4-2-6-14(18)12-17(13)20(16)21/h2-11H,12H2,1H3. The van der Waals surface area contributed by atoms with Crippen molar-refractivity contribution in [2.24, 2.45) is 0 Å². The van der Waals surface area contributed by atoms with Crippen LogP contribution >= 0.6 is 0 Å². The molecule has 0 spiro atoms. The fourth-order valence-electron chi connectivity index (χ4n) is 4.21. The minimum absolute atomic E-state index is 0.441. The summed E-state index contributed by atoms with van der Waals surface area (Å²) in [6, 6.07) is 22.5. The van der Waals surface area contributed by atoms with Gasteiger partial charge in [-0.1, -0.05) is 77.1 Å². The molecule has 2 aliphatic rings. The Balaban J connectivity index is 1.94. The average molecular weight is 266 g/mol. The summed E-state index contributed by atoms with van der Waals surface area (Å²) >= 11 is 0. The smallest absolute Gasteiger partial charge is 0.0667 e. The largest absolute Gasteiger partial charge is 0.243 e. The number of hydrogen-bond donors (Lipinski definition) is 0. The molecule has 2 aliphatic heterocycles. The number of rotatable bonds is 0. The Labute approximate surface area is 125 Å². The van der Waals surface area contributed by atoms with E-state index in [-0.39, 0.29) is 0 Å². The predicted octanol–water partition coefficient (Wildman–Crippen LogP) is 2.40. The summed E-state index contributed by atoms with van der Waals surface area (Å²) < 4.78 is 0. The van der Waals surface area contributed by atoms with Crippen molar-refractivity contribution in [3.63, 3.8) is 0 Å². The predicted molar refractivity (Wildman–Crippen MR) is 90.5 cm³/mol. The molecule has 0 atom stereocenters. The summed E-state index contributed by atoms with van der Waals surface area (Å²) in [5.74, 6) is 0. The van der Waals surface area contributed by atoms with Crippen molar-refractivity contribution in [1.82, 2.24) is 0 Å². The molecule has 3 aromatic rings. The number of fused-ring (bicyclic) bond motifs is 5. The van der Waals surface area contributed by atoms with E-state index in [4.69, 9.17) is 0 Å². The Morgan fingerprint density at radius 1 is 0.762 bits per heavy atom. The maximum absolute atomic E-state index is 2.32. The zero-order valence-corrected chi connectivity index (χ0v) is 12.1. The molecule has 3 aromatic carbocycles. The highest BCUT2D eigenvalue weighted by molar-refractivity contribution is 6.99. The molecule has 0 fully saturated rings. The molecule has 2 heterocycles. The van der Waals surface area contributed by atoms with E-state index in [2.05, 4.69) is 67.6 Å². The molecule has 0 N–H and O–H groups in total. The van der Waals surface area contributed by atoms with E-state index in [9.17, 15) is 0 Å². The Kier molecular flexibility index (Phi) is 2.11. The van der Waals surface area contributed by atoms with Gasteiger partial charge in [-0.25, -0.2) is 0 Å². The Hall–Kier alpha value is -2.28. The zero-order valence-electron chi connectivity index (χ0n) is 12.1. The van der Waals surface area contributed by atoms with Crippen LogP contribution in [0.5, 0.6) is 0 Å². The molecule has 0 aromatic heterocycles. The second kappa shape index (κ2) is 3.88. The van der Waals surface area contributed by atoms with E-state index >= 15 is 0 Å². The van der Waals surface area contributed by atoms with Crippen molar-refractivity contribution in [3.8, 4) is 11.1 Å². The summed E-state index contributed by atoms with van der Waals surface area (Å²) in [5, 5.41) is 0. The van der Waals surface area contributed by atoms with E-state index < -0.39 is 0 Å². The Bertz CT molecular complexity index is 892. The molecule has 5 rings (SSSR count). The summed E-state index contributed by atoms with van der Waals surface area (Å²) in [5.41, 5.74) is 11.9. The van der Waals surface area contributed by atoms with Crippen molar-refractivity contribution in [2.45, 2.75) is 13.3 Å². The second-order valence-electron chi connectivity index (χ2n) is 6.22. The normalized spacial score (nSPS) is 13.7. The highest BCUT2D eigenvalue weighted by atomic mass is 14.2. The molecular weight excluding hydrogens is 251 g/mol. The number of hydrogen-bond acceptors (Lipinski definition) is 0. The van der Waals surface area contributed by atoms with Gasteiger partial charge in [-0.05, 0) is 41.2 Å². The lowest BCUT2D eigenvalue weighted by atomic mass is 9.35. The van der Waals surface area contributed by atoms with Crippen LogP contribution in [-0.2, 0) is 6.42 Å². The minimum Gasteiger partial charge on any atom is -0.0667 e. The number of aryl methyl sites for hydroxylation is 1. The van der Waals surface area contributed by atoms with Gasteiger partial charge in [0.2, 0.25) is 6.71 Å². The lowest BCUT2D eigenvalue weighted by molar-refractivity contribution is 1.17. The van der Waals surface area contributed by atoms with Gasteiger partial charge in [0.05, 0.1) is 0 Å². The third kappa shape index (κ3) is 1.36. The fourth-order valence-corrected chi connectivity index (χ4v) is 4.21. The van der Waals surface area contributed by atoms with Gasteiger partial charge in [-0.2, -0.15) is 0 Å². The van der Waals surface area contributed by atoms with Crippen LogP contribution in [0.3, 0.4) is 0 Å². The van der Waals surface area contributed by atoms with E-state index in [1.54, 1.807) is 11.0 Å². The van der Waals surface area contributed by atoms with Gasteiger partial charge >= 0.3 is 0 Å². The first-order valence-electron chi connectivity index (χ1n) is 7.64. The molecule has 0 saturated heterocycles. The number of benzene rings is 3. The van der Waals surface area contributed by atoms with Crippen molar-refractivity contribution < 1.29 is 0 Å². The monoisotopic (exact) mass is 266 g/mol. The van der Waals surface area contributed by atoms with Crippen molar-refractivity contribution in [3.05, 3.63) is 77.4 Å². The molecule has 0 aliphatic carbocycles. The Morgan fingerprint density at radius 2 is 1.52 bits per heavy atom. The second-order valence-corrected chi connectivity index (χ2v) is 6.22. The topological polar surface area (TPSA) is 0 Å². The lowest BCUT2D eigenvalue weighted by Gasteiger charge is -2.25. The first kappa shape index (κ1) is 11.4. The van der Waals surface area contributed by atoms with E-state index in [1.165, 1.54) is 33.2 Å². The van der Waals surface area contributed by atoms with Crippen LogP contribution in [0.1, 0.15) is 16.7 Å². The molecule has 0 radical (unpaired) electrons. The fraction of sp³-hybridized carbons (Fsp3) is 0.100. The molecular formula is C20H15B. The zero-order chi connectivity index (χ0) is 14.0. The maximum Gasteiger partial charge on any atom is 0.243 e. The van der Waals surface area contributed by atoms with Crippen molar-refractivity contribution >= 4 is 23.1 Å². The van der Waals surface area contributed by atoms with Crippen LogP contribution in [0.4, 0.5) is 0 Å². The molecule has 98 valence electrons. The highest BCUT2D eigenvalue weighted by Crippen LogP contribution is 2.29. The van der Waals surface area contributed by atoms with Gasteiger partial charge in [0.1, 0.15) is 0 Å². The van der Waals surface area contributed by atoms with Crippen LogP contribution < -0.4 is 16.4 Å². The first-order valence-corrected chi connectivity index (χ1v) is 7.64. The Morgan fingerprint density at radius 3 is 2.43 bits per heavy atom. The quantitative estimate of drug-likeness (QED) is 0.377. The van der Waals surface area contributed by atoms with E-state index in [0.29, 0.717) is 6.71 Å². The van der Waals surface area contributed by atoms with Crippen molar-refractivity contribution in [2.75, 3.05) is 0 Å². The van der Waals surface area contributed by atoms with Gasteiger partial charge < -0.3 is 0 Å². The highest BCUT2D eigenvalue weighted by Gasteiger charge is 2.39. The van der Waals surface area contributed by atoms with E-state index in [0.717, 1.165) is 6.42 Å². The van der Waals surface area contributed by atoms with Gasteiger partial charge in [0.15, 0.2) is 0 Å². The lowest BCUT2D eigenvalue weighted by Crippen LogP contribution is -2.54. The minimum atomic E-state index is 0.441. The van der Waals surface area contributed by atoms with Gasteiger partial charge in [-0.3, -0.25) is 0 Å². The summed E-state index contributed by atoms with van der Waals surface area (Å²) in [7, 11) is 0. The third-order valence-corrected chi connectivity index (χ3v) is 5.18. The van der Waals surface area contributed by atoms with Crippen LogP contribution in [0.15, 0.2) is 60.7 Å². The van der Waals surface area contributed by atoms with Crippen molar-refractivity contribution in [1.29, 1.82) is 0 Å². The third-order valence-electron chi connectivity index (χ3n) is 5.18. The summed E-state index contributed by atoms with van der Waals surface area (Å²) in [4.78, 5) is 0. The molecule has 1 heteroatoms. The maximum atomic E-state index is 2.32. The average Bonchev–Trinajstić information content (AvgIpc) is 2.87. The summed E-state index contributed by atoms with van der Waals surface area (Å²) in [6.07, 6.45) is 1.08. The molecule has 0 bridgehead atoms. The van der Waals surface area contributed by atoms with Crippen LogP contribution in [0.2, 0.25) is 0 Å². The molecule has 0 amide bonds. The molecule has 0 nitrogen and oxygen atoms in total. The van der Waals surface area contributed by atoms with Crippen LogP contribution in [0.25, 0.3) is 11.1 Å². The van der Waals surface area contributed by atoms with Crippen LogP contribution in [-0.4, -0.2) is 6.71 Å². The van der Waals surface area contributed by atoms with Gasteiger partial charge in [0.25, 0.3) is 0 Å². The van der Waals surface area contributed by atoms with Crippen LogP contribution in [0, 0.1) is 6.92 Å².